The van der Waals surface area contributed by atoms with E-state index in [0.29, 0.717) is 37.0 Å². The molecule has 2 N–H and O–H groups in total. The van der Waals surface area contributed by atoms with Crippen LogP contribution in [-0.2, 0) is 16.0 Å². The molecule has 3 aromatic rings. The Kier molecular flexibility index (Phi) is 6.80. The number of hydrogen-bond acceptors (Lipinski definition) is 9. The van der Waals surface area contributed by atoms with E-state index in [0.717, 1.165) is 59.4 Å². The zero-order valence-electron chi connectivity index (χ0n) is 19.4. The third-order valence-corrected chi connectivity index (χ3v) is 7.14. The molecule has 1 aromatic carbocycles. The number of aromatic nitrogens is 2. The molecule has 2 aliphatic heterocycles. The maximum Gasteiger partial charge on any atom is 0.348 e. The second-order valence-electron chi connectivity index (χ2n) is 8.36. The molecule has 0 unspecified atom stereocenters. The van der Waals surface area contributed by atoms with Crippen LogP contribution in [0.4, 0.5) is 5.82 Å². The number of quaternary nitrogens is 1. The molecular weight excluding hydrogens is 456 g/mol. The molecule has 0 spiro atoms. The number of carbonyl (C=O) groups is 1. The van der Waals surface area contributed by atoms with Gasteiger partial charge in [0.15, 0.2) is 17.3 Å². The highest BCUT2D eigenvalue weighted by Crippen LogP contribution is 2.35. The van der Waals surface area contributed by atoms with E-state index in [-0.39, 0.29) is 12.1 Å². The Labute approximate surface area is 202 Å². The second kappa shape index (κ2) is 10.1. The average molecular weight is 486 g/mol. The first kappa shape index (κ1) is 22.8. The van der Waals surface area contributed by atoms with E-state index < -0.39 is 0 Å². The lowest BCUT2D eigenvalue weighted by atomic mass is 10.2. The number of para-hydroxylation sites is 2. The van der Waals surface area contributed by atoms with Crippen molar-refractivity contribution in [3.05, 3.63) is 40.5 Å². The van der Waals surface area contributed by atoms with Crippen LogP contribution in [0, 0.1) is 6.92 Å². The van der Waals surface area contributed by atoms with Gasteiger partial charge in [0.2, 0.25) is 0 Å². The summed E-state index contributed by atoms with van der Waals surface area (Å²) < 4.78 is 22.7. The number of ether oxygens (including phenoxy) is 4. The van der Waals surface area contributed by atoms with Crippen molar-refractivity contribution in [2.45, 2.75) is 26.5 Å². The number of carbonyl (C=O) groups excluding carboxylic acids is 1. The van der Waals surface area contributed by atoms with Crippen LogP contribution in [0.1, 0.15) is 28.0 Å². The van der Waals surface area contributed by atoms with Gasteiger partial charge in [0.05, 0.1) is 31.8 Å². The largest absolute Gasteiger partial charge is 0.486 e. The third-order valence-electron chi connectivity index (χ3n) is 5.97. The average Bonchev–Trinajstić information content (AvgIpc) is 3.19. The first-order valence-electron chi connectivity index (χ1n) is 11.6. The van der Waals surface area contributed by atoms with E-state index in [1.165, 1.54) is 16.2 Å². The number of rotatable bonds is 7. The molecule has 34 heavy (non-hydrogen) atoms. The summed E-state index contributed by atoms with van der Waals surface area (Å²) in [5.74, 6) is 2.62. The van der Waals surface area contributed by atoms with Crippen molar-refractivity contribution >= 4 is 33.3 Å². The Morgan fingerprint density at radius 2 is 2.03 bits per heavy atom. The number of esters is 1. The molecule has 9 nitrogen and oxygen atoms in total. The summed E-state index contributed by atoms with van der Waals surface area (Å²) in [4.78, 5) is 25.0. The molecule has 5 rings (SSSR count). The number of fused-ring (bicyclic) bond motifs is 2. The lowest BCUT2D eigenvalue weighted by Gasteiger charge is -2.27. The van der Waals surface area contributed by atoms with Crippen LogP contribution >= 0.6 is 11.3 Å². The van der Waals surface area contributed by atoms with Crippen molar-refractivity contribution in [2.24, 2.45) is 0 Å². The van der Waals surface area contributed by atoms with Gasteiger partial charge in [-0.1, -0.05) is 12.1 Å². The van der Waals surface area contributed by atoms with Gasteiger partial charge in [-0.15, -0.1) is 11.3 Å². The maximum atomic E-state index is 12.5. The fourth-order valence-electron chi connectivity index (χ4n) is 4.22. The fourth-order valence-corrected chi connectivity index (χ4v) is 5.31. The predicted molar refractivity (Wildman–Crippen MR) is 128 cm³/mol. The SMILES string of the molecule is CCOC(=O)c1sc2nc(C[NH+]3CCOCC3)nc(NC[C@H]3COc4ccccc4O3)c2c1C. The number of aryl methyl sites for hydroxylation is 1. The van der Waals surface area contributed by atoms with Gasteiger partial charge in [0.1, 0.15) is 47.9 Å². The maximum absolute atomic E-state index is 12.5. The molecule has 1 saturated heterocycles. The van der Waals surface area contributed by atoms with Gasteiger partial charge in [0, 0.05) is 0 Å². The van der Waals surface area contributed by atoms with Crippen molar-refractivity contribution < 1.29 is 28.6 Å². The quantitative estimate of drug-likeness (QED) is 0.490. The highest BCUT2D eigenvalue weighted by molar-refractivity contribution is 7.20. The molecular formula is C24H29N4O5S+. The molecule has 4 heterocycles. The van der Waals surface area contributed by atoms with Crippen molar-refractivity contribution in [3.8, 4) is 11.5 Å². The van der Waals surface area contributed by atoms with Crippen molar-refractivity contribution in [1.29, 1.82) is 0 Å². The fraction of sp³-hybridized carbons (Fsp3) is 0.458. The van der Waals surface area contributed by atoms with E-state index >= 15 is 0 Å². The molecule has 2 aliphatic rings. The Bertz CT molecular complexity index is 1180. The van der Waals surface area contributed by atoms with Gasteiger partial charge in [0.25, 0.3) is 0 Å². The van der Waals surface area contributed by atoms with Gasteiger partial charge < -0.3 is 29.2 Å². The van der Waals surface area contributed by atoms with Gasteiger partial charge in [-0.25, -0.2) is 14.8 Å². The summed E-state index contributed by atoms with van der Waals surface area (Å²) >= 11 is 1.36. The molecule has 0 aliphatic carbocycles. The molecule has 2 aromatic heterocycles. The van der Waals surface area contributed by atoms with E-state index in [2.05, 4.69) is 5.32 Å². The second-order valence-corrected chi connectivity index (χ2v) is 9.36. The summed E-state index contributed by atoms with van der Waals surface area (Å²) in [6.07, 6.45) is -0.170. The summed E-state index contributed by atoms with van der Waals surface area (Å²) in [6, 6.07) is 7.66. The minimum atomic E-state index is -0.324. The van der Waals surface area contributed by atoms with Crippen molar-refractivity contribution in [1.82, 2.24) is 9.97 Å². The Morgan fingerprint density at radius 3 is 2.82 bits per heavy atom. The van der Waals surface area contributed by atoms with E-state index in [4.69, 9.17) is 28.9 Å². The zero-order chi connectivity index (χ0) is 23.5. The number of nitrogens with one attached hydrogen (secondary N) is 2. The van der Waals surface area contributed by atoms with Crippen LogP contribution in [0.3, 0.4) is 0 Å². The first-order valence-corrected chi connectivity index (χ1v) is 12.4. The van der Waals surface area contributed by atoms with E-state index in [1.54, 1.807) is 6.92 Å². The van der Waals surface area contributed by atoms with Gasteiger partial charge >= 0.3 is 5.97 Å². The molecule has 0 amide bonds. The monoisotopic (exact) mass is 485 g/mol. The van der Waals surface area contributed by atoms with E-state index in [1.807, 2.05) is 31.2 Å². The van der Waals surface area contributed by atoms with Crippen LogP contribution < -0.4 is 19.7 Å². The van der Waals surface area contributed by atoms with Crippen molar-refractivity contribution in [2.75, 3.05) is 51.4 Å². The number of morpholine rings is 1. The van der Waals surface area contributed by atoms with Crippen LogP contribution in [0.5, 0.6) is 11.5 Å². The van der Waals surface area contributed by atoms with Crippen LogP contribution in [0.25, 0.3) is 10.2 Å². The minimum absolute atomic E-state index is 0.170. The summed E-state index contributed by atoms with van der Waals surface area (Å²) in [6.45, 7) is 9.05. The zero-order valence-corrected chi connectivity index (χ0v) is 20.2. The highest BCUT2D eigenvalue weighted by Gasteiger charge is 2.25. The van der Waals surface area contributed by atoms with Gasteiger partial charge in [-0.3, -0.25) is 0 Å². The Hall–Kier alpha value is -2.95. The summed E-state index contributed by atoms with van der Waals surface area (Å²) in [5.41, 5.74) is 0.831. The smallest absolute Gasteiger partial charge is 0.348 e. The van der Waals surface area contributed by atoms with Crippen molar-refractivity contribution in [3.63, 3.8) is 0 Å². The lowest BCUT2D eigenvalue weighted by molar-refractivity contribution is -0.922. The van der Waals surface area contributed by atoms with Crippen LogP contribution in [0.2, 0.25) is 0 Å². The number of benzene rings is 1. The summed E-state index contributed by atoms with van der Waals surface area (Å²) in [5, 5.41) is 4.31. The lowest BCUT2D eigenvalue weighted by Crippen LogP contribution is -3.12. The van der Waals surface area contributed by atoms with Gasteiger partial charge in [-0.05, 0) is 31.5 Å². The number of thiophene rings is 1. The summed E-state index contributed by atoms with van der Waals surface area (Å²) in [7, 11) is 0. The minimum Gasteiger partial charge on any atom is -0.486 e. The van der Waals surface area contributed by atoms with E-state index in [9.17, 15) is 4.79 Å². The van der Waals surface area contributed by atoms with Gasteiger partial charge in [-0.2, -0.15) is 0 Å². The molecule has 180 valence electrons. The first-order chi connectivity index (χ1) is 16.6. The number of hydrogen-bond donors (Lipinski definition) is 2. The molecule has 1 fully saturated rings. The topological polar surface area (TPSA) is 96.2 Å². The predicted octanol–water partition coefficient (Wildman–Crippen LogP) is 1.84. The normalized spacial score (nSPS) is 18.1. The molecule has 10 heteroatoms. The Morgan fingerprint density at radius 1 is 1.24 bits per heavy atom. The third kappa shape index (κ3) is 4.79. The molecule has 0 bridgehead atoms. The van der Waals surface area contributed by atoms with Crippen LogP contribution in [-0.4, -0.2) is 68.1 Å². The molecule has 0 radical (unpaired) electrons. The number of anilines is 1. The number of nitrogens with zero attached hydrogens (tertiary/aromatic N) is 2. The highest BCUT2D eigenvalue weighted by atomic mass is 32.1. The standard InChI is InChI=1S/C24H28N4O5S/c1-3-31-24(29)21-15(2)20-22(25-12-16-14-32-17-6-4-5-7-18(17)33-16)26-19(27-23(20)34-21)13-28-8-10-30-11-9-28/h4-7,16H,3,8-14H2,1-2H3,(H,25,26,27)/p+1/t16-/m0/s1. The Balaban J connectivity index is 1.42. The van der Waals surface area contributed by atoms with Crippen LogP contribution in [0.15, 0.2) is 24.3 Å². The molecule has 1 atom stereocenters. The molecule has 0 saturated carbocycles.